The van der Waals surface area contributed by atoms with Crippen molar-refractivity contribution in [1.82, 2.24) is 4.90 Å². The topological polar surface area (TPSA) is 80.5 Å². The molecule has 0 radical (unpaired) electrons. The van der Waals surface area contributed by atoms with Crippen LogP contribution in [-0.4, -0.2) is 28.7 Å². The largest absolute Gasteiger partial charge is 0.368 e. The summed E-state index contributed by atoms with van der Waals surface area (Å²) in [6.45, 7) is 3.69. The van der Waals surface area contributed by atoms with Crippen LogP contribution in [0, 0.1) is 5.92 Å². The fourth-order valence-corrected chi connectivity index (χ4v) is 2.35. The molecule has 19 heavy (non-hydrogen) atoms. The average molecular weight is 260 g/mol. The fraction of sp³-hybridized carbons (Fsp3) is 0.357. The number of amides is 3. The molecule has 0 aromatic heterocycles. The van der Waals surface area contributed by atoms with Gasteiger partial charge in [0.25, 0.3) is 11.8 Å². The summed E-state index contributed by atoms with van der Waals surface area (Å²) in [5.74, 6) is -1.70. The third-order valence-corrected chi connectivity index (χ3v) is 3.58. The molecule has 2 N–H and O–H groups in total. The van der Waals surface area contributed by atoms with Gasteiger partial charge in [-0.25, -0.2) is 0 Å². The lowest BCUT2D eigenvalue weighted by Crippen LogP contribution is -2.51. The minimum atomic E-state index is -0.891. The van der Waals surface area contributed by atoms with Crippen LogP contribution in [0.1, 0.15) is 41.0 Å². The summed E-state index contributed by atoms with van der Waals surface area (Å²) in [6.07, 6.45) is 0.654. The Morgan fingerprint density at radius 1 is 1.21 bits per heavy atom. The molecule has 100 valence electrons. The molecule has 2 rings (SSSR count). The van der Waals surface area contributed by atoms with Crippen LogP contribution in [0.25, 0.3) is 0 Å². The molecule has 1 aliphatic rings. The van der Waals surface area contributed by atoms with E-state index in [1.54, 1.807) is 31.2 Å². The molecule has 1 aliphatic heterocycles. The number of rotatable bonds is 4. The van der Waals surface area contributed by atoms with Crippen molar-refractivity contribution in [3.63, 3.8) is 0 Å². The van der Waals surface area contributed by atoms with Crippen molar-refractivity contribution >= 4 is 17.7 Å². The van der Waals surface area contributed by atoms with E-state index >= 15 is 0 Å². The van der Waals surface area contributed by atoms with E-state index in [2.05, 4.69) is 0 Å². The van der Waals surface area contributed by atoms with Gasteiger partial charge in [0.1, 0.15) is 6.04 Å². The van der Waals surface area contributed by atoms with Crippen molar-refractivity contribution in [3.05, 3.63) is 35.4 Å². The first kappa shape index (κ1) is 13.3. The van der Waals surface area contributed by atoms with E-state index < -0.39 is 23.8 Å². The van der Waals surface area contributed by atoms with Crippen molar-refractivity contribution in [2.75, 3.05) is 0 Å². The average Bonchev–Trinajstić information content (AvgIpc) is 2.64. The Hall–Kier alpha value is -2.17. The summed E-state index contributed by atoms with van der Waals surface area (Å²) < 4.78 is 0. The standard InChI is InChI=1S/C14H16N2O3/c1-3-8(2)11(12(15)17)16-13(18)9-6-4-5-7-10(9)14(16)19/h4-8,11H,3H2,1-2H3,(H2,15,17)/t8-,11?/m0/s1. The van der Waals surface area contributed by atoms with Gasteiger partial charge in [-0.3, -0.25) is 19.3 Å². The first-order valence-electron chi connectivity index (χ1n) is 6.25. The predicted octanol–water partition coefficient (Wildman–Crippen LogP) is 1.18. The van der Waals surface area contributed by atoms with Crippen LogP contribution >= 0.6 is 0 Å². The van der Waals surface area contributed by atoms with Gasteiger partial charge in [-0.1, -0.05) is 32.4 Å². The molecule has 0 saturated carbocycles. The normalized spacial score (nSPS) is 17.3. The molecule has 5 heteroatoms. The minimum Gasteiger partial charge on any atom is -0.368 e. The number of nitrogens with zero attached hydrogens (tertiary/aromatic N) is 1. The van der Waals surface area contributed by atoms with Gasteiger partial charge in [0.05, 0.1) is 11.1 Å². The Balaban J connectivity index is 2.45. The molecule has 2 atom stereocenters. The monoisotopic (exact) mass is 260 g/mol. The maximum Gasteiger partial charge on any atom is 0.262 e. The number of carbonyl (C=O) groups excluding carboxylic acids is 3. The summed E-state index contributed by atoms with van der Waals surface area (Å²) >= 11 is 0. The van der Waals surface area contributed by atoms with Crippen LogP contribution < -0.4 is 5.73 Å². The van der Waals surface area contributed by atoms with Gasteiger partial charge >= 0.3 is 0 Å². The third kappa shape index (κ3) is 2.01. The van der Waals surface area contributed by atoms with E-state index in [0.29, 0.717) is 17.5 Å². The number of hydrogen-bond acceptors (Lipinski definition) is 3. The Morgan fingerprint density at radius 2 is 1.68 bits per heavy atom. The second-order valence-electron chi connectivity index (χ2n) is 4.76. The van der Waals surface area contributed by atoms with Gasteiger partial charge in [-0.05, 0) is 18.1 Å². The summed E-state index contributed by atoms with van der Waals surface area (Å²) in [7, 11) is 0. The Kier molecular flexibility index (Phi) is 3.38. The summed E-state index contributed by atoms with van der Waals surface area (Å²) in [5, 5.41) is 0. The highest BCUT2D eigenvalue weighted by Gasteiger charge is 2.43. The van der Waals surface area contributed by atoms with Crippen molar-refractivity contribution in [1.29, 1.82) is 0 Å². The van der Waals surface area contributed by atoms with Gasteiger partial charge in [0, 0.05) is 0 Å². The zero-order valence-corrected chi connectivity index (χ0v) is 10.9. The molecule has 0 fully saturated rings. The molecule has 1 aromatic rings. The van der Waals surface area contributed by atoms with Crippen molar-refractivity contribution in [2.24, 2.45) is 11.7 Å². The lowest BCUT2D eigenvalue weighted by Gasteiger charge is -2.27. The highest BCUT2D eigenvalue weighted by Crippen LogP contribution is 2.27. The van der Waals surface area contributed by atoms with Crippen LogP contribution in [0.5, 0.6) is 0 Å². The van der Waals surface area contributed by atoms with E-state index in [-0.39, 0.29) is 5.92 Å². The first-order chi connectivity index (χ1) is 8.99. The number of nitrogens with two attached hydrogens (primary N) is 1. The zero-order chi connectivity index (χ0) is 14.2. The molecular weight excluding hydrogens is 244 g/mol. The number of carbonyl (C=O) groups is 3. The van der Waals surface area contributed by atoms with Crippen LogP contribution in [0.2, 0.25) is 0 Å². The molecule has 3 amide bonds. The Labute approximate surface area is 111 Å². The molecule has 5 nitrogen and oxygen atoms in total. The lowest BCUT2D eigenvalue weighted by atomic mass is 9.97. The van der Waals surface area contributed by atoms with Crippen LogP contribution in [0.15, 0.2) is 24.3 Å². The second-order valence-corrected chi connectivity index (χ2v) is 4.76. The molecule has 0 bridgehead atoms. The van der Waals surface area contributed by atoms with E-state index in [9.17, 15) is 14.4 Å². The van der Waals surface area contributed by atoms with Crippen molar-refractivity contribution in [2.45, 2.75) is 26.3 Å². The first-order valence-corrected chi connectivity index (χ1v) is 6.25. The molecule has 0 aliphatic carbocycles. The van der Waals surface area contributed by atoms with Crippen molar-refractivity contribution in [3.8, 4) is 0 Å². The minimum absolute atomic E-state index is 0.167. The maximum atomic E-state index is 12.3. The van der Waals surface area contributed by atoms with Gasteiger partial charge in [0.2, 0.25) is 5.91 Å². The van der Waals surface area contributed by atoms with Crippen LogP contribution in [-0.2, 0) is 4.79 Å². The summed E-state index contributed by atoms with van der Waals surface area (Å²) in [4.78, 5) is 37.1. The zero-order valence-electron chi connectivity index (χ0n) is 10.9. The fourth-order valence-electron chi connectivity index (χ4n) is 2.35. The number of benzene rings is 1. The quantitative estimate of drug-likeness (QED) is 0.825. The SMILES string of the molecule is CC[C@H](C)C(C(N)=O)N1C(=O)c2ccccc2C1=O. The summed E-state index contributed by atoms with van der Waals surface area (Å²) in [6, 6.07) is 5.66. The maximum absolute atomic E-state index is 12.3. The Morgan fingerprint density at radius 3 is 2.05 bits per heavy atom. The van der Waals surface area contributed by atoms with Crippen LogP contribution in [0.3, 0.4) is 0 Å². The smallest absolute Gasteiger partial charge is 0.262 e. The van der Waals surface area contributed by atoms with Crippen LogP contribution in [0.4, 0.5) is 0 Å². The number of hydrogen-bond donors (Lipinski definition) is 1. The van der Waals surface area contributed by atoms with E-state index in [0.717, 1.165) is 4.90 Å². The molecular formula is C14H16N2O3. The van der Waals surface area contributed by atoms with Gasteiger partial charge < -0.3 is 5.73 Å². The van der Waals surface area contributed by atoms with E-state index in [1.807, 2.05) is 6.92 Å². The Bertz CT molecular complexity index is 518. The molecule has 1 heterocycles. The second kappa shape index (κ2) is 4.84. The van der Waals surface area contributed by atoms with Gasteiger partial charge in [-0.15, -0.1) is 0 Å². The number of imide groups is 1. The molecule has 1 aromatic carbocycles. The van der Waals surface area contributed by atoms with E-state index in [1.165, 1.54) is 0 Å². The number of fused-ring (bicyclic) bond motifs is 1. The van der Waals surface area contributed by atoms with E-state index in [4.69, 9.17) is 5.73 Å². The highest BCUT2D eigenvalue weighted by atomic mass is 16.2. The molecule has 0 spiro atoms. The highest BCUT2D eigenvalue weighted by molar-refractivity contribution is 6.22. The van der Waals surface area contributed by atoms with Crippen molar-refractivity contribution < 1.29 is 14.4 Å². The predicted molar refractivity (Wildman–Crippen MR) is 69.4 cm³/mol. The third-order valence-electron chi connectivity index (χ3n) is 3.58. The molecule has 1 unspecified atom stereocenters. The van der Waals surface area contributed by atoms with Gasteiger partial charge in [-0.2, -0.15) is 0 Å². The lowest BCUT2D eigenvalue weighted by molar-refractivity contribution is -0.123. The van der Waals surface area contributed by atoms with Gasteiger partial charge in [0.15, 0.2) is 0 Å². The number of primary amides is 1. The molecule has 0 saturated heterocycles. The summed E-state index contributed by atoms with van der Waals surface area (Å²) in [5.41, 5.74) is 6.04.